The second-order valence-corrected chi connectivity index (χ2v) is 4.09. The molecule has 2 nitrogen and oxygen atoms in total. The minimum absolute atomic E-state index is 0.203. The first kappa shape index (κ1) is 9.41. The predicted molar refractivity (Wildman–Crippen MR) is 54.1 cm³/mol. The molecule has 0 fully saturated rings. The molecule has 1 aromatic carbocycles. The summed E-state index contributed by atoms with van der Waals surface area (Å²) < 4.78 is 0. The topological polar surface area (TPSA) is 37.3 Å². The summed E-state index contributed by atoms with van der Waals surface area (Å²) in [6.07, 6.45) is 1.66. The highest BCUT2D eigenvalue weighted by Gasteiger charge is 2.39. The normalized spacial score (nSPS) is 30.0. The summed E-state index contributed by atoms with van der Waals surface area (Å²) in [6.45, 7) is 2.08. The van der Waals surface area contributed by atoms with Gasteiger partial charge in [0, 0.05) is 6.42 Å². The number of rotatable bonds is 2. The molecule has 0 saturated heterocycles. The highest BCUT2D eigenvalue weighted by Crippen LogP contribution is 2.45. The molecule has 2 atom stereocenters. The molecule has 0 heterocycles. The molecule has 1 N–H and O–H groups in total. The fourth-order valence-corrected chi connectivity index (χ4v) is 2.41. The van der Waals surface area contributed by atoms with Crippen LogP contribution in [0.5, 0.6) is 0 Å². The van der Waals surface area contributed by atoms with E-state index in [0.29, 0.717) is 12.3 Å². The molecular formula is C12H14O2. The maximum absolute atomic E-state index is 10.5. The van der Waals surface area contributed by atoms with Gasteiger partial charge < -0.3 is 9.90 Å². The Kier molecular flexibility index (Phi) is 2.16. The monoisotopic (exact) mass is 190 g/mol. The average molecular weight is 190 g/mol. The largest absolute Gasteiger partial charge is 0.385 e. The van der Waals surface area contributed by atoms with Crippen molar-refractivity contribution in [3.05, 3.63) is 35.4 Å². The van der Waals surface area contributed by atoms with E-state index in [-0.39, 0.29) is 6.42 Å². The molecular weight excluding hydrogens is 176 g/mol. The summed E-state index contributed by atoms with van der Waals surface area (Å²) in [6, 6.07) is 7.83. The molecule has 1 aliphatic rings. The second-order valence-electron chi connectivity index (χ2n) is 4.09. The van der Waals surface area contributed by atoms with Crippen LogP contribution in [0, 0.1) is 0 Å². The summed E-state index contributed by atoms with van der Waals surface area (Å²) in [5.74, 6) is 0.344. The molecule has 2 heteroatoms. The summed E-state index contributed by atoms with van der Waals surface area (Å²) in [5.41, 5.74) is 1.19. The van der Waals surface area contributed by atoms with Crippen molar-refractivity contribution < 1.29 is 9.90 Å². The van der Waals surface area contributed by atoms with E-state index in [9.17, 15) is 9.90 Å². The number of carbonyl (C=O) groups excluding carboxylic acids is 1. The van der Waals surface area contributed by atoms with Gasteiger partial charge >= 0.3 is 0 Å². The Labute approximate surface area is 83.6 Å². The zero-order chi connectivity index (χ0) is 10.2. The van der Waals surface area contributed by atoms with E-state index < -0.39 is 5.60 Å². The number of hydrogen-bond acceptors (Lipinski definition) is 2. The summed E-state index contributed by atoms with van der Waals surface area (Å²) in [5, 5.41) is 10.3. The molecule has 2 unspecified atom stereocenters. The van der Waals surface area contributed by atoms with E-state index in [2.05, 4.69) is 6.92 Å². The molecule has 0 bridgehead atoms. The van der Waals surface area contributed by atoms with E-state index in [0.717, 1.165) is 11.8 Å². The lowest BCUT2D eigenvalue weighted by atomic mass is 9.93. The van der Waals surface area contributed by atoms with Crippen molar-refractivity contribution in [2.45, 2.75) is 31.3 Å². The van der Waals surface area contributed by atoms with Crippen LogP contribution in [0.3, 0.4) is 0 Å². The van der Waals surface area contributed by atoms with Gasteiger partial charge in [0.1, 0.15) is 6.29 Å². The van der Waals surface area contributed by atoms with Gasteiger partial charge in [-0.25, -0.2) is 0 Å². The number of aldehydes is 1. The summed E-state index contributed by atoms with van der Waals surface area (Å²) in [7, 11) is 0. The molecule has 0 amide bonds. The van der Waals surface area contributed by atoms with Gasteiger partial charge in [-0.2, -0.15) is 0 Å². The van der Waals surface area contributed by atoms with Gasteiger partial charge in [0.05, 0.1) is 5.60 Å². The zero-order valence-electron chi connectivity index (χ0n) is 8.23. The van der Waals surface area contributed by atoms with Crippen molar-refractivity contribution in [1.29, 1.82) is 0 Å². The molecule has 0 aromatic heterocycles. The van der Waals surface area contributed by atoms with Gasteiger partial charge in [-0.1, -0.05) is 31.2 Å². The molecule has 1 aliphatic carbocycles. The predicted octanol–water partition coefficient (Wildman–Crippen LogP) is 1.97. The second kappa shape index (κ2) is 3.21. The third-order valence-electron chi connectivity index (χ3n) is 3.06. The van der Waals surface area contributed by atoms with E-state index >= 15 is 0 Å². The number of carbonyl (C=O) groups is 1. The molecule has 0 radical (unpaired) electrons. The third-order valence-corrected chi connectivity index (χ3v) is 3.06. The fourth-order valence-electron chi connectivity index (χ4n) is 2.41. The lowest BCUT2D eigenvalue weighted by Crippen LogP contribution is -2.22. The van der Waals surface area contributed by atoms with Gasteiger partial charge in [-0.3, -0.25) is 0 Å². The van der Waals surface area contributed by atoms with E-state index in [1.54, 1.807) is 0 Å². The van der Waals surface area contributed by atoms with Gasteiger partial charge in [0.2, 0.25) is 0 Å². The van der Waals surface area contributed by atoms with Crippen LogP contribution in [0.4, 0.5) is 0 Å². The Hall–Kier alpha value is -1.15. The van der Waals surface area contributed by atoms with E-state index in [1.807, 2.05) is 24.3 Å². The first-order valence-corrected chi connectivity index (χ1v) is 4.93. The van der Waals surface area contributed by atoms with Crippen molar-refractivity contribution in [2.75, 3.05) is 0 Å². The first-order valence-electron chi connectivity index (χ1n) is 4.93. The number of aliphatic hydroxyl groups is 1. The van der Waals surface area contributed by atoms with Crippen LogP contribution in [0.15, 0.2) is 24.3 Å². The van der Waals surface area contributed by atoms with Crippen LogP contribution in [0.1, 0.15) is 36.8 Å². The fraction of sp³-hybridized carbons (Fsp3) is 0.417. The van der Waals surface area contributed by atoms with Gasteiger partial charge in [-0.15, -0.1) is 0 Å². The molecule has 0 saturated carbocycles. The summed E-state index contributed by atoms with van der Waals surface area (Å²) >= 11 is 0. The average Bonchev–Trinajstić information content (AvgIpc) is 2.41. The molecule has 0 spiro atoms. The number of hydrogen-bond donors (Lipinski definition) is 1. The molecule has 1 aromatic rings. The lowest BCUT2D eigenvalue weighted by Gasteiger charge is -2.21. The Morgan fingerprint density at radius 2 is 2.29 bits per heavy atom. The molecule has 0 aliphatic heterocycles. The lowest BCUT2D eigenvalue weighted by molar-refractivity contribution is -0.112. The van der Waals surface area contributed by atoms with Gasteiger partial charge in [0.15, 0.2) is 0 Å². The standard InChI is InChI=1S/C12H14O2/c1-9-8-12(14,6-7-13)11-5-3-2-4-10(9)11/h2-5,7,9,14H,6,8H2,1H3. The molecule has 2 rings (SSSR count). The minimum Gasteiger partial charge on any atom is -0.385 e. The molecule has 74 valence electrons. The Bertz CT molecular complexity index is 359. The van der Waals surface area contributed by atoms with Crippen molar-refractivity contribution in [3.8, 4) is 0 Å². The molecule has 14 heavy (non-hydrogen) atoms. The maximum Gasteiger partial charge on any atom is 0.123 e. The Morgan fingerprint density at radius 3 is 3.00 bits per heavy atom. The van der Waals surface area contributed by atoms with Crippen molar-refractivity contribution in [2.24, 2.45) is 0 Å². The number of fused-ring (bicyclic) bond motifs is 1. The maximum atomic E-state index is 10.5. The van der Waals surface area contributed by atoms with E-state index in [4.69, 9.17) is 0 Å². The van der Waals surface area contributed by atoms with Crippen molar-refractivity contribution in [1.82, 2.24) is 0 Å². The number of benzene rings is 1. The van der Waals surface area contributed by atoms with Crippen LogP contribution in [0.25, 0.3) is 0 Å². The van der Waals surface area contributed by atoms with Crippen LogP contribution in [0.2, 0.25) is 0 Å². The van der Waals surface area contributed by atoms with Crippen LogP contribution in [-0.4, -0.2) is 11.4 Å². The highest BCUT2D eigenvalue weighted by atomic mass is 16.3. The quantitative estimate of drug-likeness (QED) is 0.724. The van der Waals surface area contributed by atoms with Crippen molar-refractivity contribution >= 4 is 6.29 Å². The smallest absolute Gasteiger partial charge is 0.123 e. The Morgan fingerprint density at radius 1 is 1.57 bits per heavy atom. The van der Waals surface area contributed by atoms with Crippen LogP contribution in [-0.2, 0) is 10.4 Å². The van der Waals surface area contributed by atoms with Gasteiger partial charge in [-0.05, 0) is 23.5 Å². The SMILES string of the molecule is CC1CC(O)(CC=O)c2ccccc21. The van der Waals surface area contributed by atoms with Crippen LogP contribution >= 0.6 is 0 Å². The van der Waals surface area contributed by atoms with E-state index in [1.165, 1.54) is 5.56 Å². The highest BCUT2D eigenvalue weighted by molar-refractivity contribution is 5.55. The first-order chi connectivity index (χ1) is 6.67. The third kappa shape index (κ3) is 1.26. The summed E-state index contributed by atoms with van der Waals surface area (Å²) in [4.78, 5) is 10.5. The minimum atomic E-state index is -0.919. The van der Waals surface area contributed by atoms with Crippen molar-refractivity contribution in [3.63, 3.8) is 0 Å². The van der Waals surface area contributed by atoms with Crippen LogP contribution < -0.4 is 0 Å². The van der Waals surface area contributed by atoms with Gasteiger partial charge in [0.25, 0.3) is 0 Å². The Balaban J connectivity index is 2.47. The zero-order valence-corrected chi connectivity index (χ0v) is 8.23.